The summed E-state index contributed by atoms with van der Waals surface area (Å²) in [7, 11) is 1.45. The van der Waals surface area contributed by atoms with E-state index < -0.39 is 23.8 Å². The Kier molecular flexibility index (Phi) is 4.38. The number of hydrogen-bond donors (Lipinski definition) is 2. The molecule has 2 heterocycles. The Labute approximate surface area is 160 Å². The minimum Gasteiger partial charge on any atom is -0.504 e. The summed E-state index contributed by atoms with van der Waals surface area (Å²) in [6.45, 7) is 1.84. The highest BCUT2D eigenvalue weighted by atomic mass is 16.5. The lowest BCUT2D eigenvalue weighted by atomic mass is 9.90. The van der Waals surface area contributed by atoms with Gasteiger partial charge in [-0.3, -0.25) is 14.9 Å². The molecule has 1 aliphatic rings. The second-order valence-electron chi connectivity index (χ2n) is 6.39. The van der Waals surface area contributed by atoms with Crippen molar-refractivity contribution < 1.29 is 24.2 Å². The van der Waals surface area contributed by atoms with E-state index in [0.29, 0.717) is 22.8 Å². The Morgan fingerprint density at radius 1 is 1.29 bits per heavy atom. The lowest BCUT2D eigenvalue weighted by Gasteiger charge is -2.32. The number of ether oxygens (including phenoxy) is 2. The Balaban J connectivity index is 1.95. The highest BCUT2D eigenvalue weighted by Gasteiger charge is 2.44. The predicted molar refractivity (Wildman–Crippen MR) is 101 cm³/mol. The number of aromatic nitrogens is 2. The molecule has 4 rings (SSSR count). The number of nitrogens with zero attached hydrogens (tertiary/aromatic N) is 2. The van der Waals surface area contributed by atoms with E-state index in [4.69, 9.17) is 9.47 Å². The van der Waals surface area contributed by atoms with Gasteiger partial charge in [0.25, 0.3) is 0 Å². The number of fused-ring (bicyclic) bond motifs is 3. The summed E-state index contributed by atoms with van der Waals surface area (Å²) >= 11 is 0. The van der Waals surface area contributed by atoms with E-state index in [-0.39, 0.29) is 12.4 Å². The van der Waals surface area contributed by atoms with Crippen LogP contribution >= 0.6 is 0 Å². The molecule has 0 spiro atoms. The number of phenolic OH excluding ortho intramolecular Hbond substituents is 1. The summed E-state index contributed by atoms with van der Waals surface area (Å²) in [6, 6.07) is 11.5. The van der Waals surface area contributed by atoms with E-state index in [2.05, 4.69) is 10.3 Å². The van der Waals surface area contributed by atoms with Crippen molar-refractivity contribution in [3.63, 3.8) is 0 Å². The van der Waals surface area contributed by atoms with Crippen LogP contribution in [0.15, 0.2) is 42.5 Å². The highest BCUT2D eigenvalue weighted by molar-refractivity contribution is 6.07. The van der Waals surface area contributed by atoms with Gasteiger partial charge in [0, 0.05) is 0 Å². The topological polar surface area (TPSA) is 103 Å². The molecule has 0 fully saturated rings. The molecule has 0 aliphatic carbocycles. The molecule has 2 aromatic carbocycles. The van der Waals surface area contributed by atoms with Gasteiger partial charge in [0.1, 0.15) is 0 Å². The van der Waals surface area contributed by atoms with Crippen molar-refractivity contribution in [1.29, 1.82) is 0 Å². The average Bonchev–Trinajstić information content (AvgIpc) is 3.04. The molecule has 0 bridgehead atoms. The number of benzene rings is 2. The Morgan fingerprint density at radius 2 is 2.07 bits per heavy atom. The second kappa shape index (κ2) is 6.88. The molecular weight excluding hydrogens is 362 g/mol. The van der Waals surface area contributed by atoms with E-state index in [9.17, 15) is 14.7 Å². The first-order valence-corrected chi connectivity index (χ1v) is 8.86. The van der Waals surface area contributed by atoms with Crippen LogP contribution < -0.4 is 10.1 Å². The van der Waals surface area contributed by atoms with Crippen LogP contribution in [0.3, 0.4) is 0 Å². The van der Waals surface area contributed by atoms with Gasteiger partial charge in [-0.15, -0.1) is 0 Å². The number of carbonyl (C=O) groups excluding carboxylic acids is 2. The summed E-state index contributed by atoms with van der Waals surface area (Å²) in [5.74, 6) is -1.71. The van der Waals surface area contributed by atoms with E-state index in [1.807, 2.05) is 24.3 Å². The first-order valence-electron chi connectivity index (χ1n) is 8.86. The van der Waals surface area contributed by atoms with Crippen molar-refractivity contribution in [2.24, 2.45) is 5.92 Å². The van der Waals surface area contributed by atoms with Crippen LogP contribution in [0, 0.1) is 5.92 Å². The van der Waals surface area contributed by atoms with Gasteiger partial charge in [0.2, 0.25) is 11.9 Å². The summed E-state index contributed by atoms with van der Waals surface area (Å²) in [4.78, 5) is 29.9. The summed E-state index contributed by atoms with van der Waals surface area (Å²) < 4.78 is 12.1. The molecule has 0 saturated heterocycles. The summed E-state index contributed by atoms with van der Waals surface area (Å²) in [6.07, 6.45) is 0. The molecule has 28 heavy (non-hydrogen) atoms. The standard InChI is InChI=1S/C20H19N3O5/c1-3-28-19(26)16-17(11-8-9-15(27-2)14(24)10-11)23-13-7-5-4-6-12(13)21-20(23)22-18(16)25/h4-10,16-17,24H,3H2,1-2H3,(H,21,22,25)/t16-,17+/m0/s1. The monoisotopic (exact) mass is 381 g/mol. The number of rotatable bonds is 4. The molecule has 1 aromatic heterocycles. The SMILES string of the molecule is CCOC(=O)[C@@H]1C(=O)Nc2nc3ccccc3n2[C@@H]1c1ccc(OC)c(O)c1. The third-order valence-corrected chi connectivity index (χ3v) is 4.79. The summed E-state index contributed by atoms with van der Waals surface area (Å²) in [5, 5.41) is 13.0. The average molecular weight is 381 g/mol. The minimum absolute atomic E-state index is 0.0837. The normalized spacial score (nSPS) is 18.4. The number of para-hydroxylation sites is 2. The molecule has 1 aliphatic heterocycles. The van der Waals surface area contributed by atoms with Crippen LogP contribution in [-0.2, 0) is 14.3 Å². The van der Waals surface area contributed by atoms with E-state index in [1.165, 1.54) is 13.2 Å². The van der Waals surface area contributed by atoms with E-state index in [0.717, 1.165) is 5.52 Å². The van der Waals surface area contributed by atoms with Crippen molar-refractivity contribution in [3.05, 3.63) is 48.0 Å². The fourth-order valence-corrected chi connectivity index (χ4v) is 3.60. The van der Waals surface area contributed by atoms with Crippen LogP contribution in [0.5, 0.6) is 11.5 Å². The number of esters is 1. The quantitative estimate of drug-likeness (QED) is 0.532. The third kappa shape index (κ3) is 2.74. The third-order valence-electron chi connectivity index (χ3n) is 4.79. The molecule has 1 amide bonds. The first kappa shape index (κ1) is 17.8. The number of aromatic hydroxyl groups is 1. The maximum atomic E-state index is 12.8. The molecule has 3 aromatic rings. The molecule has 0 saturated carbocycles. The van der Waals surface area contributed by atoms with Gasteiger partial charge in [-0.2, -0.15) is 0 Å². The van der Waals surface area contributed by atoms with Gasteiger partial charge in [-0.1, -0.05) is 18.2 Å². The van der Waals surface area contributed by atoms with Crippen molar-refractivity contribution in [2.45, 2.75) is 13.0 Å². The second-order valence-corrected chi connectivity index (χ2v) is 6.39. The van der Waals surface area contributed by atoms with Crippen LogP contribution in [0.4, 0.5) is 5.95 Å². The number of methoxy groups -OCH3 is 1. The number of phenols is 1. The molecule has 2 N–H and O–H groups in total. The van der Waals surface area contributed by atoms with Crippen LogP contribution in [0.2, 0.25) is 0 Å². The van der Waals surface area contributed by atoms with Gasteiger partial charge in [-0.05, 0) is 36.8 Å². The number of hydrogen-bond acceptors (Lipinski definition) is 6. The van der Waals surface area contributed by atoms with Gasteiger partial charge in [-0.25, -0.2) is 4.98 Å². The highest BCUT2D eigenvalue weighted by Crippen LogP contribution is 2.40. The zero-order valence-electron chi connectivity index (χ0n) is 15.4. The van der Waals surface area contributed by atoms with Crippen molar-refractivity contribution in [2.75, 3.05) is 19.0 Å². The number of amides is 1. The number of nitrogens with one attached hydrogen (secondary N) is 1. The first-order chi connectivity index (χ1) is 13.5. The molecule has 0 unspecified atom stereocenters. The Bertz CT molecular complexity index is 1070. The van der Waals surface area contributed by atoms with Gasteiger partial charge < -0.3 is 19.1 Å². The molecule has 8 nitrogen and oxygen atoms in total. The summed E-state index contributed by atoms with van der Waals surface area (Å²) in [5.41, 5.74) is 2.01. The Hall–Kier alpha value is -3.55. The zero-order chi connectivity index (χ0) is 19.8. The molecule has 144 valence electrons. The largest absolute Gasteiger partial charge is 0.504 e. The number of anilines is 1. The van der Waals surface area contributed by atoms with E-state index >= 15 is 0 Å². The van der Waals surface area contributed by atoms with Crippen LogP contribution in [0.25, 0.3) is 11.0 Å². The lowest BCUT2D eigenvalue weighted by molar-refractivity contribution is -0.152. The molecule has 2 atom stereocenters. The molecule has 8 heteroatoms. The van der Waals surface area contributed by atoms with Crippen LogP contribution in [0.1, 0.15) is 18.5 Å². The van der Waals surface area contributed by atoms with Gasteiger partial charge in [0.15, 0.2) is 17.4 Å². The lowest BCUT2D eigenvalue weighted by Crippen LogP contribution is -2.43. The maximum absolute atomic E-state index is 12.8. The molecular formula is C20H19N3O5. The molecule has 0 radical (unpaired) electrons. The van der Waals surface area contributed by atoms with Gasteiger partial charge >= 0.3 is 5.97 Å². The van der Waals surface area contributed by atoms with Gasteiger partial charge in [0.05, 0.1) is 30.8 Å². The van der Waals surface area contributed by atoms with Crippen molar-refractivity contribution >= 4 is 28.9 Å². The fraction of sp³-hybridized carbons (Fsp3) is 0.250. The number of imidazole rings is 1. The number of carbonyl (C=O) groups is 2. The fourth-order valence-electron chi connectivity index (χ4n) is 3.60. The van der Waals surface area contributed by atoms with Crippen molar-refractivity contribution in [3.8, 4) is 11.5 Å². The van der Waals surface area contributed by atoms with Crippen LogP contribution in [-0.4, -0.2) is 40.3 Å². The smallest absolute Gasteiger partial charge is 0.321 e. The Morgan fingerprint density at radius 3 is 2.79 bits per heavy atom. The minimum atomic E-state index is -1.13. The van der Waals surface area contributed by atoms with Crippen molar-refractivity contribution in [1.82, 2.24) is 9.55 Å². The predicted octanol–water partition coefficient (Wildman–Crippen LogP) is 2.47. The maximum Gasteiger partial charge on any atom is 0.321 e. The van der Waals surface area contributed by atoms with E-state index in [1.54, 1.807) is 23.6 Å². The zero-order valence-corrected chi connectivity index (χ0v) is 15.4.